The van der Waals surface area contributed by atoms with E-state index >= 15 is 0 Å². The molecule has 3 heteroatoms. The molecule has 4 unspecified atom stereocenters. The van der Waals surface area contributed by atoms with Gasteiger partial charge < -0.3 is 10.6 Å². The van der Waals surface area contributed by atoms with Gasteiger partial charge in [-0.3, -0.25) is 4.79 Å². The second kappa shape index (κ2) is 4.12. The molecule has 2 saturated carbocycles. The molecule has 0 spiro atoms. The number of nitrogens with zero attached hydrogens (tertiary/aromatic N) is 1. The maximum atomic E-state index is 12.2. The molecule has 2 aliphatic carbocycles. The lowest BCUT2D eigenvalue weighted by Crippen LogP contribution is -2.44. The zero-order valence-electron chi connectivity index (χ0n) is 9.78. The fraction of sp³-hybridized carbons (Fsp3) is 0.917. The van der Waals surface area contributed by atoms with Crippen LogP contribution in [0, 0.1) is 17.8 Å². The number of carbonyl (C=O) groups excluding carboxylic acids is 1. The molecular formula is C12H22N2O. The zero-order chi connectivity index (χ0) is 11.0. The van der Waals surface area contributed by atoms with Crippen molar-refractivity contribution < 1.29 is 4.79 Å². The summed E-state index contributed by atoms with van der Waals surface area (Å²) in [5, 5.41) is 0. The second-order valence-electron chi connectivity index (χ2n) is 5.32. The van der Waals surface area contributed by atoms with Crippen molar-refractivity contribution in [1.82, 2.24) is 4.90 Å². The highest BCUT2D eigenvalue weighted by Crippen LogP contribution is 2.48. The molecule has 0 saturated heterocycles. The van der Waals surface area contributed by atoms with Gasteiger partial charge in [0.1, 0.15) is 0 Å². The van der Waals surface area contributed by atoms with E-state index in [0.29, 0.717) is 24.3 Å². The highest BCUT2D eigenvalue weighted by molar-refractivity contribution is 5.79. The molecule has 0 aromatic rings. The second-order valence-corrected chi connectivity index (χ2v) is 5.32. The summed E-state index contributed by atoms with van der Waals surface area (Å²) in [6, 6.07) is 0.177. The van der Waals surface area contributed by atoms with Crippen molar-refractivity contribution in [3.05, 3.63) is 0 Å². The minimum absolute atomic E-state index is 0.177. The van der Waals surface area contributed by atoms with Gasteiger partial charge in [0.15, 0.2) is 0 Å². The number of fused-ring (bicyclic) bond motifs is 2. The Labute approximate surface area is 92.0 Å². The van der Waals surface area contributed by atoms with Crippen molar-refractivity contribution in [2.45, 2.75) is 38.6 Å². The minimum Gasteiger partial charge on any atom is -0.342 e. The minimum atomic E-state index is 0.177. The molecule has 3 nitrogen and oxygen atoms in total. The largest absolute Gasteiger partial charge is 0.342 e. The van der Waals surface area contributed by atoms with Gasteiger partial charge in [-0.1, -0.05) is 6.42 Å². The number of carbonyl (C=O) groups is 1. The lowest BCUT2D eigenvalue weighted by Gasteiger charge is -2.30. The van der Waals surface area contributed by atoms with Crippen LogP contribution in [0.3, 0.4) is 0 Å². The molecule has 0 heterocycles. The first-order chi connectivity index (χ1) is 7.13. The molecule has 2 rings (SSSR count). The van der Waals surface area contributed by atoms with E-state index in [1.54, 1.807) is 0 Å². The van der Waals surface area contributed by atoms with Crippen LogP contribution in [-0.4, -0.2) is 30.4 Å². The van der Waals surface area contributed by atoms with Crippen LogP contribution in [-0.2, 0) is 4.79 Å². The third-order valence-corrected chi connectivity index (χ3v) is 4.41. The van der Waals surface area contributed by atoms with E-state index in [0.717, 1.165) is 12.3 Å². The first-order valence-electron chi connectivity index (χ1n) is 6.10. The predicted octanol–water partition coefficient (Wildman–Crippen LogP) is 1.23. The van der Waals surface area contributed by atoms with E-state index in [4.69, 9.17) is 5.73 Å². The monoisotopic (exact) mass is 210 g/mol. The van der Waals surface area contributed by atoms with Crippen LogP contribution in [0.4, 0.5) is 0 Å². The summed E-state index contributed by atoms with van der Waals surface area (Å²) in [5.41, 5.74) is 5.59. The van der Waals surface area contributed by atoms with Gasteiger partial charge in [0, 0.05) is 25.6 Å². The molecule has 15 heavy (non-hydrogen) atoms. The standard InChI is InChI=1S/C12H22N2O/c1-8(7-13)14(2)12(15)11-6-9-3-4-10(11)5-9/h8-11H,3-7,13H2,1-2H3. The Morgan fingerprint density at radius 1 is 1.47 bits per heavy atom. The van der Waals surface area contributed by atoms with Crippen molar-refractivity contribution >= 4 is 5.91 Å². The number of hydrogen-bond donors (Lipinski definition) is 1. The first kappa shape index (κ1) is 10.9. The Balaban J connectivity index is 1.96. The van der Waals surface area contributed by atoms with Crippen molar-refractivity contribution in [2.75, 3.05) is 13.6 Å². The van der Waals surface area contributed by atoms with Crippen molar-refractivity contribution in [3.63, 3.8) is 0 Å². The summed E-state index contributed by atoms with van der Waals surface area (Å²) < 4.78 is 0. The Bertz CT molecular complexity index is 254. The number of amides is 1. The number of likely N-dealkylation sites (N-methyl/N-ethyl adjacent to an activating group) is 1. The average Bonchev–Trinajstić information content (AvgIpc) is 2.87. The molecule has 0 radical (unpaired) electrons. The summed E-state index contributed by atoms with van der Waals surface area (Å²) in [6.07, 6.45) is 5.04. The third kappa shape index (κ3) is 1.89. The molecule has 1 amide bonds. The summed E-state index contributed by atoms with van der Waals surface area (Å²) in [6.45, 7) is 2.58. The van der Waals surface area contributed by atoms with Crippen molar-refractivity contribution in [2.24, 2.45) is 23.5 Å². The summed E-state index contributed by atoms with van der Waals surface area (Å²) in [7, 11) is 1.89. The van der Waals surface area contributed by atoms with Crippen LogP contribution in [0.15, 0.2) is 0 Å². The maximum Gasteiger partial charge on any atom is 0.225 e. The molecular weight excluding hydrogens is 188 g/mol. The van der Waals surface area contributed by atoms with Crippen molar-refractivity contribution in [1.29, 1.82) is 0 Å². The van der Waals surface area contributed by atoms with Crippen LogP contribution < -0.4 is 5.73 Å². The van der Waals surface area contributed by atoms with Crippen LogP contribution in [0.25, 0.3) is 0 Å². The molecule has 4 atom stereocenters. The summed E-state index contributed by atoms with van der Waals surface area (Å²) >= 11 is 0. The van der Waals surface area contributed by atoms with E-state index < -0.39 is 0 Å². The highest BCUT2D eigenvalue weighted by atomic mass is 16.2. The summed E-state index contributed by atoms with van der Waals surface area (Å²) in [4.78, 5) is 14.1. The van der Waals surface area contributed by atoms with Gasteiger partial charge in [0.25, 0.3) is 0 Å². The van der Waals surface area contributed by atoms with E-state index in [9.17, 15) is 4.79 Å². The fourth-order valence-electron chi connectivity index (χ4n) is 3.18. The Hall–Kier alpha value is -0.570. The van der Waals surface area contributed by atoms with Gasteiger partial charge in [-0.15, -0.1) is 0 Å². The van der Waals surface area contributed by atoms with Crippen LogP contribution in [0.1, 0.15) is 32.6 Å². The smallest absolute Gasteiger partial charge is 0.225 e. The van der Waals surface area contributed by atoms with Gasteiger partial charge in [-0.2, -0.15) is 0 Å². The molecule has 86 valence electrons. The third-order valence-electron chi connectivity index (χ3n) is 4.41. The molecule has 2 bridgehead atoms. The van der Waals surface area contributed by atoms with E-state index in [1.807, 2.05) is 18.9 Å². The SMILES string of the molecule is CC(CN)N(C)C(=O)C1CC2CCC1C2. The normalized spacial score (nSPS) is 35.5. The van der Waals surface area contributed by atoms with Crippen LogP contribution in [0.5, 0.6) is 0 Å². The highest BCUT2D eigenvalue weighted by Gasteiger charge is 2.44. The Morgan fingerprint density at radius 2 is 2.20 bits per heavy atom. The van der Waals surface area contributed by atoms with Gasteiger partial charge in [0.05, 0.1) is 0 Å². The maximum absolute atomic E-state index is 12.2. The molecule has 0 aromatic heterocycles. The number of hydrogen-bond acceptors (Lipinski definition) is 2. The van der Waals surface area contributed by atoms with Gasteiger partial charge in [0.2, 0.25) is 5.91 Å². The fourth-order valence-corrected chi connectivity index (χ4v) is 3.18. The zero-order valence-corrected chi connectivity index (χ0v) is 9.78. The summed E-state index contributed by atoms with van der Waals surface area (Å²) in [5.74, 6) is 2.16. The number of rotatable bonds is 3. The lowest BCUT2D eigenvalue weighted by molar-refractivity contribution is -0.137. The van der Waals surface area contributed by atoms with E-state index in [-0.39, 0.29) is 6.04 Å². The molecule has 0 aromatic carbocycles. The molecule has 2 fully saturated rings. The topological polar surface area (TPSA) is 46.3 Å². The van der Waals surface area contributed by atoms with Crippen molar-refractivity contribution in [3.8, 4) is 0 Å². The van der Waals surface area contributed by atoms with E-state index in [2.05, 4.69) is 0 Å². The lowest BCUT2D eigenvalue weighted by atomic mass is 9.87. The molecule has 2 N–H and O–H groups in total. The predicted molar refractivity (Wildman–Crippen MR) is 60.2 cm³/mol. The van der Waals surface area contributed by atoms with Gasteiger partial charge in [-0.25, -0.2) is 0 Å². The Kier molecular flexibility index (Phi) is 3.01. The quantitative estimate of drug-likeness (QED) is 0.761. The van der Waals surface area contributed by atoms with E-state index in [1.165, 1.54) is 19.3 Å². The van der Waals surface area contributed by atoms with Crippen LogP contribution in [0.2, 0.25) is 0 Å². The molecule has 2 aliphatic rings. The Morgan fingerprint density at radius 3 is 2.67 bits per heavy atom. The molecule has 0 aliphatic heterocycles. The van der Waals surface area contributed by atoms with Gasteiger partial charge >= 0.3 is 0 Å². The first-order valence-corrected chi connectivity index (χ1v) is 6.10. The number of nitrogens with two attached hydrogens (primary N) is 1. The van der Waals surface area contributed by atoms with Crippen LogP contribution >= 0.6 is 0 Å². The average molecular weight is 210 g/mol. The van der Waals surface area contributed by atoms with Gasteiger partial charge in [-0.05, 0) is 38.0 Å².